The van der Waals surface area contributed by atoms with E-state index < -0.39 is 0 Å². The zero-order valence-corrected chi connectivity index (χ0v) is 8.99. The van der Waals surface area contributed by atoms with Crippen molar-refractivity contribution in [2.45, 2.75) is 26.2 Å². The van der Waals surface area contributed by atoms with Crippen LogP contribution in [0, 0.1) is 0 Å². The molecule has 1 heterocycles. The lowest BCUT2D eigenvalue weighted by Gasteiger charge is -2.05. The van der Waals surface area contributed by atoms with Crippen LogP contribution in [0.3, 0.4) is 0 Å². The van der Waals surface area contributed by atoms with Crippen molar-refractivity contribution < 1.29 is 4.74 Å². The Morgan fingerprint density at radius 3 is 3.13 bits per heavy atom. The van der Waals surface area contributed by atoms with E-state index in [2.05, 4.69) is 17.1 Å². The molecule has 1 aromatic carbocycles. The van der Waals surface area contributed by atoms with Gasteiger partial charge in [-0.15, -0.1) is 0 Å². The number of nitrogens with one attached hydrogen (secondary N) is 1. The second-order valence-electron chi connectivity index (χ2n) is 3.67. The highest BCUT2D eigenvalue weighted by atomic mass is 16.5. The first-order chi connectivity index (χ1) is 7.40. The van der Waals surface area contributed by atoms with Crippen LogP contribution in [-0.4, -0.2) is 16.8 Å². The quantitative estimate of drug-likeness (QED) is 0.760. The van der Waals surface area contributed by atoms with Crippen LogP contribution in [0.2, 0.25) is 0 Å². The first kappa shape index (κ1) is 10.0. The van der Waals surface area contributed by atoms with E-state index >= 15 is 0 Å². The first-order valence-electron chi connectivity index (χ1n) is 5.46. The molecule has 3 nitrogen and oxygen atoms in total. The molecule has 2 rings (SSSR count). The third-order valence-corrected chi connectivity index (χ3v) is 2.43. The van der Waals surface area contributed by atoms with Gasteiger partial charge in [0.2, 0.25) is 0 Å². The van der Waals surface area contributed by atoms with Crippen LogP contribution < -0.4 is 4.74 Å². The van der Waals surface area contributed by atoms with E-state index in [9.17, 15) is 0 Å². The van der Waals surface area contributed by atoms with Crippen LogP contribution in [-0.2, 0) is 0 Å². The summed E-state index contributed by atoms with van der Waals surface area (Å²) in [6, 6.07) is 5.99. The molecule has 0 saturated carbocycles. The molecule has 3 heteroatoms. The maximum Gasteiger partial charge on any atom is 0.120 e. The van der Waals surface area contributed by atoms with E-state index in [0.717, 1.165) is 29.7 Å². The first-order valence-corrected chi connectivity index (χ1v) is 5.46. The van der Waals surface area contributed by atoms with E-state index in [1.54, 1.807) is 0 Å². The van der Waals surface area contributed by atoms with Crippen molar-refractivity contribution in [2.75, 3.05) is 6.61 Å². The van der Waals surface area contributed by atoms with E-state index in [-0.39, 0.29) is 0 Å². The Bertz CT molecular complexity index is 422. The van der Waals surface area contributed by atoms with Gasteiger partial charge in [-0.25, -0.2) is 0 Å². The summed E-state index contributed by atoms with van der Waals surface area (Å²) < 4.78 is 5.64. The molecule has 0 aliphatic rings. The number of hydrogen-bond donors (Lipinski definition) is 1. The SMILES string of the molecule is CCCCCOc1ccc2[nH]ncc2c1. The number of ether oxygens (including phenoxy) is 1. The zero-order valence-electron chi connectivity index (χ0n) is 8.99. The fourth-order valence-electron chi connectivity index (χ4n) is 1.55. The minimum Gasteiger partial charge on any atom is -0.494 e. The average molecular weight is 204 g/mol. The predicted octanol–water partition coefficient (Wildman–Crippen LogP) is 3.13. The average Bonchev–Trinajstić information content (AvgIpc) is 2.71. The minimum atomic E-state index is 0.803. The largest absolute Gasteiger partial charge is 0.494 e. The summed E-state index contributed by atoms with van der Waals surface area (Å²) in [5.74, 6) is 0.931. The van der Waals surface area contributed by atoms with Gasteiger partial charge in [0.25, 0.3) is 0 Å². The third-order valence-electron chi connectivity index (χ3n) is 2.43. The molecule has 0 fully saturated rings. The number of rotatable bonds is 5. The molecule has 1 N–H and O–H groups in total. The van der Waals surface area contributed by atoms with Crippen molar-refractivity contribution in [3.05, 3.63) is 24.4 Å². The second kappa shape index (κ2) is 4.82. The Labute approximate surface area is 89.4 Å². The summed E-state index contributed by atoms with van der Waals surface area (Å²) in [5.41, 5.74) is 1.05. The molecule has 15 heavy (non-hydrogen) atoms. The summed E-state index contributed by atoms with van der Waals surface area (Å²) >= 11 is 0. The maximum absolute atomic E-state index is 5.64. The molecule has 80 valence electrons. The Morgan fingerprint density at radius 2 is 2.27 bits per heavy atom. The summed E-state index contributed by atoms with van der Waals surface area (Å²) in [7, 11) is 0. The van der Waals surface area contributed by atoms with Crippen molar-refractivity contribution in [1.29, 1.82) is 0 Å². The number of hydrogen-bond acceptors (Lipinski definition) is 2. The van der Waals surface area contributed by atoms with E-state index in [1.165, 1.54) is 12.8 Å². The minimum absolute atomic E-state index is 0.803. The molecular weight excluding hydrogens is 188 g/mol. The molecule has 0 spiro atoms. The van der Waals surface area contributed by atoms with Crippen molar-refractivity contribution in [1.82, 2.24) is 10.2 Å². The highest BCUT2D eigenvalue weighted by Crippen LogP contribution is 2.18. The van der Waals surface area contributed by atoms with Gasteiger partial charge in [0.05, 0.1) is 18.3 Å². The Morgan fingerprint density at radius 1 is 1.33 bits per heavy atom. The molecule has 0 radical (unpaired) electrons. The number of fused-ring (bicyclic) bond motifs is 1. The molecule has 0 saturated heterocycles. The Balaban J connectivity index is 1.96. The lowest BCUT2D eigenvalue weighted by atomic mass is 10.2. The van der Waals surface area contributed by atoms with E-state index in [4.69, 9.17) is 4.74 Å². The van der Waals surface area contributed by atoms with Crippen LogP contribution >= 0.6 is 0 Å². The third kappa shape index (κ3) is 2.49. The number of unbranched alkanes of at least 4 members (excludes halogenated alkanes) is 2. The van der Waals surface area contributed by atoms with Gasteiger partial charge in [-0.05, 0) is 24.6 Å². The second-order valence-corrected chi connectivity index (χ2v) is 3.67. The monoisotopic (exact) mass is 204 g/mol. The molecule has 0 atom stereocenters. The molecule has 0 aliphatic carbocycles. The maximum atomic E-state index is 5.64. The number of aromatic nitrogens is 2. The van der Waals surface area contributed by atoms with Crippen molar-refractivity contribution in [2.24, 2.45) is 0 Å². The summed E-state index contributed by atoms with van der Waals surface area (Å²) in [6.07, 6.45) is 5.40. The fourth-order valence-corrected chi connectivity index (χ4v) is 1.55. The highest BCUT2D eigenvalue weighted by Gasteiger charge is 1.98. The Kier molecular flexibility index (Phi) is 3.22. The number of aromatic amines is 1. The lowest BCUT2D eigenvalue weighted by Crippen LogP contribution is -1.96. The highest BCUT2D eigenvalue weighted by molar-refractivity contribution is 5.79. The molecular formula is C12H16N2O. The molecule has 2 aromatic rings. The summed E-state index contributed by atoms with van der Waals surface area (Å²) in [6.45, 7) is 2.99. The van der Waals surface area contributed by atoms with E-state index in [0.29, 0.717) is 0 Å². The zero-order chi connectivity index (χ0) is 10.5. The van der Waals surface area contributed by atoms with Gasteiger partial charge in [0.1, 0.15) is 5.75 Å². The van der Waals surface area contributed by atoms with Gasteiger partial charge >= 0.3 is 0 Å². The molecule has 0 amide bonds. The van der Waals surface area contributed by atoms with Gasteiger partial charge in [-0.2, -0.15) is 5.10 Å². The molecule has 0 aliphatic heterocycles. The fraction of sp³-hybridized carbons (Fsp3) is 0.417. The standard InChI is InChI=1S/C12H16N2O/c1-2-3-4-7-15-11-5-6-12-10(8-11)9-13-14-12/h5-6,8-9H,2-4,7H2,1H3,(H,13,14). The van der Waals surface area contributed by atoms with Crippen molar-refractivity contribution >= 4 is 10.9 Å². The van der Waals surface area contributed by atoms with Crippen LogP contribution in [0.4, 0.5) is 0 Å². The van der Waals surface area contributed by atoms with Crippen LogP contribution in [0.25, 0.3) is 10.9 Å². The summed E-state index contributed by atoms with van der Waals surface area (Å²) in [4.78, 5) is 0. The van der Waals surface area contributed by atoms with Crippen LogP contribution in [0.1, 0.15) is 26.2 Å². The van der Waals surface area contributed by atoms with E-state index in [1.807, 2.05) is 24.4 Å². The van der Waals surface area contributed by atoms with Gasteiger partial charge in [0, 0.05) is 5.39 Å². The topological polar surface area (TPSA) is 37.9 Å². The molecule has 0 unspecified atom stereocenters. The van der Waals surface area contributed by atoms with Gasteiger partial charge in [-0.1, -0.05) is 19.8 Å². The Hall–Kier alpha value is -1.51. The van der Waals surface area contributed by atoms with Crippen molar-refractivity contribution in [3.8, 4) is 5.75 Å². The van der Waals surface area contributed by atoms with Gasteiger partial charge < -0.3 is 4.74 Å². The van der Waals surface area contributed by atoms with Gasteiger partial charge in [0.15, 0.2) is 0 Å². The number of nitrogens with zero attached hydrogens (tertiary/aromatic N) is 1. The van der Waals surface area contributed by atoms with Crippen molar-refractivity contribution in [3.63, 3.8) is 0 Å². The number of benzene rings is 1. The van der Waals surface area contributed by atoms with Gasteiger partial charge in [-0.3, -0.25) is 5.10 Å². The summed E-state index contributed by atoms with van der Waals surface area (Å²) in [5, 5.41) is 7.99. The smallest absolute Gasteiger partial charge is 0.120 e. The van der Waals surface area contributed by atoms with Crippen LogP contribution in [0.5, 0.6) is 5.75 Å². The normalized spacial score (nSPS) is 10.7. The molecule has 1 aromatic heterocycles. The molecule has 0 bridgehead atoms. The number of H-pyrrole nitrogens is 1. The predicted molar refractivity (Wildman–Crippen MR) is 61.1 cm³/mol. The lowest BCUT2D eigenvalue weighted by molar-refractivity contribution is 0.306. The van der Waals surface area contributed by atoms with Crippen LogP contribution in [0.15, 0.2) is 24.4 Å².